The van der Waals surface area contributed by atoms with Crippen LogP contribution in [0.3, 0.4) is 0 Å². The molecule has 19 heavy (non-hydrogen) atoms. The molecule has 0 bridgehead atoms. The second-order valence-electron chi connectivity index (χ2n) is 4.42. The molecule has 102 valence electrons. The molecule has 3 nitrogen and oxygen atoms in total. The number of rotatable bonds is 7. The zero-order chi connectivity index (χ0) is 13.5. The van der Waals surface area contributed by atoms with Gasteiger partial charge in [0.2, 0.25) is 0 Å². The molecule has 0 radical (unpaired) electrons. The molecule has 0 aliphatic carbocycles. The monoisotopic (exact) mass is 259 g/mol. The molecule has 1 N–H and O–H groups in total. The second kappa shape index (κ2) is 7.00. The second-order valence-corrected chi connectivity index (χ2v) is 4.42. The largest absolute Gasteiger partial charge is 0.494 e. The van der Waals surface area contributed by atoms with Crippen molar-refractivity contribution in [2.75, 3.05) is 13.2 Å². The molecule has 0 saturated heterocycles. The SMILES string of the molecule is CCNC(Cc1ccoc1)c1ccccc1OCC. The molecule has 0 aliphatic heterocycles. The molecule has 1 unspecified atom stereocenters. The lowest BCUT2D eigenvalue weighted by atomic mass is 9.99. The van der Waals surface area contributed by atoms with Gasteiger partial charge in [-0.2, -0.15) is 0 Å². The Morgan fingerprint density at radius 2 is 2.05 bits per heavy atom. The fourth-order valence-corrected chi connectivity index (χ4v) is 2.24. The van der Waals surface area contributed by atoms with Crippen LogP contribution in [0.25, 0.3) is 0 Å². The number of benzene rings is 1. The average molecular weight is 259 g/mol. The van der Waals surface area contributed by atoms with Crippen molar-refractivity contribution in [3.8, 4) is 5.75 Å². The molecule has 0 saturated carbocycles. The van der Waals surface area contributed by atoms with E-state index in [-0.39, 0.29) is 6.04 Å². The summed E-state index contributed by atoms with van der Waals surface area (Å²) in [6, 6.07) is 10.5. The zero-order valence-electron chi connectivity index (χ0n) is 11.6. The summed E-state index contributed by atoms with van der Waals surface area (Å²) < 4.78 is 10.9. The quantitative estimate of drug-likeness (QED) is 0.825. The standard InChI is InChI=1S/C16H21NO2/c1-3-17-15(11-13-9-10-18-12-13)14-7-5-6-8-16(14)19-4-2/h5-10,12,15,17H,3-4,11H2,1-2H3. The van der Waals surface area contributed by atoms with E-state index in [2.05, 4.69) is 24.4 Å². The van der Waals surface area contributed by atoms with Crippen molar-refractivity contribution in [2.24, 2.45) is 0 Å². The van der Waals surface area contributed by atoms with Crippen molar-refractivity contribution < 1.29 is 9.15 Å². The first-order chi connectivity index (χ1) is 9.35. The summed E-state index contributed by atoms with van der Waals surface area (Å²) in [5, 5.41) is 3.51. The maximum absolute atomic E-state index is 5.72. The number of ether oxygens (including phenoxy) is 1. The van der Waals surface area contributed by atoms with Crippen molar-refractivity contribution in [2.45, 2.75) is 26.3 Å². The molecule has 0 aliphatic rings. The van der Waals surface area contributed by atoms with Crippen LogP contribution in [0.15, 0.2) is 47.3 Å². The van der Waals surface area contributed by atoms with Gasteiger partial charge in [0.15, 0.2) is 0 Å². The summed E-state index contributed by atoms with van der Waals surface area (Å²) in [7, 11) is 0. The van der Waals surface area contributed by atoms with Gasteiger partial charge >= 0.3 is 0 Å². The maximum atomic E-state index is 5.72. The van der Waals surface area contributed by atoms with Gasteiger partial charge in [-0.05, 0) is 37.6 Å². The van der Waals surface area contributed by atoms with E-state index in [4.69, 9.17) is 9.15 Å². The number of hydrogen-bond donors (Lipinski definition) is 1. The van der Waals surface area contributed by atoms with Crippen molar-refractivity contribution >= 4 is 0 Å². The first-order valence-corrected chi connectivity index (χ1v) is 6.81. The van der Waals surface area contributed by atoms with Crippen molar-refractivity contribution in [1.82, 2.24) is 5.32 Å². The molecule has 3 heteroatoms. The van der Waals surface area contributed by atoms with Gasteiger partial charge in [-0.1, -0.05) is 25.1 Å². The molecular weight excluding hydrogens is 238 g/mol. The van der Waals surface area contributed by atoms with E-state index in [0.29, 0.717) is 6.61 Å². The van der Waals surface area contributed by atoms with Crippen LogP contribution in [-0.2, 0) is 6.42 Å². The molecule has 0 amide bonds. The molecular formula is C16H21NO2. The van der Waals surface area contributed by atoms with Gasteiger partial charge < -0.3 is 14.5 Å². The predicted molar refractivity (Wildman–Crippen MR) is 76.4 cm³/mol. The molecule has 1 heterocycles. The highest BCUT2D eigenvalue weighted by atomic mass is 16.5. The minimum Gasteiger partial charge on any atom is -0.494 e. The van der Waals surface area contributed by atoms with Crippen LogP contribution in [0.5, 0.6) is 5.75 Å². The van der Waals surface area contributed by atoms with Crippen LogP contribution in [0.4, 0.5) is 0 Å². The highest BCUT2D eigenvalue weighted by Crippen LogP contribution is 2.27. The minimum atomic E-state index is 0.241. The van der Waals surface area contributed by atoms with E-state index in [1.165, 1.54) is 11.1 Å². The normalized spacial score (nSPS) is 12.3. The van der Waals surface area contributed by atoms with Crippen LogP contribution in [0, 0.1) is 0 Å². The predicted octanol–water partition coefficient (Wildman–Crippen LogP) is 3.57. The van der Waals surface area contributed by atoms with Gasteiger partial charge in [-0.15, -0.1) is 0 Å². The third-order valence-corrected chi connectivity index (χ3v) is 3.06. The molecule has 1 atom stereocenters. The van der Waals surface area contributed by atoms with E-state index in [9.17, 15) is 0 Å². The van der Waals surface area contributed by atoms with Crippen LogP contribution >= 0.6 is 0 Å². The van der Waals surface area contributed by atoms with Gasteiger partial charge in [0.1, 0.15) is 5.75 Å². The van der Waals surface area contributed by atoms with Gasteiger partial charge in [-0.25, -0.2) is 0 Å². The Kier molecular flexibility index (Phi) is 5.04. The first-order valence-electron chi connectivity index (χ1n) is 6.81. The van der Waals surface area contributed by atoms with Crippen LogP contribution in [-0.4, -0.2) is 13.2 Å². The number of likely N-dealkylation sites (N-methyl/N-ethyl adjacent to an activating group) is 1. The highest BCUT2D eigenvalue weighted by molar-refractivity contribution is 5.36. The zero-order valence-corrected chi connectivity index (χ0v) is 11.6. The summed E-state index contributed by atoms with van der Waals surface area (Å²) in [5.41, 5.74) is 2.39. The summed E-state index contributed by atoms with van der Waals surface area (Å²) >= 11 is 0. The molecule has 0 spiro atoms. The van der Waals surface area contributed by atoms with Gasteiger partial charge in [-0.3, -0.25) is 0 Å². The fraction of sp³-hybridized carbons (Fsp3) is 0.375. The lowest BCUT2D eigenvalue weighted by Crippen LogP contribution is -2.23. The third-order valence-electron chi connectivity index (χ3n) is 3.06. The van der Waals surface area contributed by atoms with E-state index in [1.54, 1.807) is 12.5 Å². The van der Waals surface area contributed by atoms with Crippen molar-refractivity contribution in [3.63, 3.8) is 0 Å². The first kappa shape index (κ1) is 13.7. The number of nitrogens with one attached hydrogen (secondary N) is 1. The van der Waals surface area contributed by atoms with Gasteiger partial charge in [0.05, 0.1) is 19.1 Å². The number of hydrogen-bond acceptors (Lipinski definition) is 3. The molecule has 0 fully saturated rings. The van der Waals surface area contributed by atoms with Crippen LogP contribution in [0.1, 0.15) is 31.0 Å². The van der Waals surface area contributed by atoms with Crippen LogP contribution < -0.4 is 10.1 Å². The Morgan fingerprint density at radius 3 is 2.74 bits per heavy atom. The summed E-state index contributed by atoms with van der Waals surface area (Å²) in [4.78, 5) is 0. The third kappa shape index (κ3) is 3.61. The number of furan rings is 1. The molecule has 2 aromatic rings. The summed E-state index contributed by atoms with van der Waals surface area (Å²) in [6.45, 7) is 5.73. The van der Waals surface area contributed by atoms with Crippen LogP contribution in [0.2, 0.25) is 0 Å². The van der Waals surface area contributed by atoms with Crippen molar-refractivity contribution in [1.29, 1.82) is 0 Å². The van der Waals surface area contributed by atoms with Crippen molar-refractivity contribution in [3.05, 3.63) is 54.0 Å². The van der Waals surface area contributed by atoms with Gasteiger partial charge in [0, 0.05) is 11.6 Å². The minimum absolute atomic E-state index is 0.241. The Morgan fingerprint density at radius 1 is 1.21 bits per heavy atom. The Hall–Kier alpha value is -1.74. The van der Waals surface area contributed by atoms with E-state index < -0.39 is 0 Å². The Bertz CT molecular complexity index is 479. The molecule has 1 aromatic carbocycles. The summed E-state index contributed by atoms with van der Waals surface area (Å²) in [6.07, 6.45) is 4.41. The smallest absolute Gasteiger partial charge is 0.124 e. The Balaban J connectivity index is 2.22. The van der Waals surface area contributed by atoms with E-state index in [1.807, 2.05) is 25.1 Å². The van der Waals surface area contributed by atoms with E-state index in [0.717, 1.165) is 18.7 Å². The van der Waals surface area contributed by atoms with Gasteiger partial charge in [0.25, 0.3) is 0 Å². The summed E-state index contributed by atoms with van der Waals surface area (Å²) in [5.74, 6) is 0.958. The highest BCUT2D eigenvalue weighted by Gasteiger charge is 2.16. The number of para-hydroxylation sites is 1. The fourth-order valence-electron chi connectivity index (χ4n) is 2.24. The lowest BCUT2D eigenvalue weighted by Gasteiger charge is -2.20. The maximum Gasteiger partial charge on any atom is 0.124 e. The van der Waals surface area contributed by atoms with E-state index >= 15 is 0 Å². The average Bonchev–Trinajstić information content (AvgIpc) is 2.92. The topological polar surface area (TPSA) is 34.4 Å². The Labute approximate surface area is 114 Å². The molecule has 1 aromatic heterocycles. The molecule has 2 rings (SSSR count). The lowest BCUT2D eigenvalue weighted by molar-refractivity contribution is 0.331.